The molecule has 9 heteroatoms. The summed E-state index contributed by atoms with van der Waals surface area (Å²) in [4.78, 5) is 12.2. The maximum atomic E-state index is 12.2. The molecular weight excluding hydrogens is 394 g/mol. The van der Waals surface area contributed by atoms with Gasteiger partial charge in [-0.15, -0.1) is 0 Å². The largest absolute Gasteiger partial charge is 0.355 e. The normalized spacial score (nSPS) is 16.8. The van der Waals surface area contributed by atoms with Crippen LogP contribution in [0.4, 0.5) is 0 Å². The SMILES string of the molecule is CN(C)S(=O)(=O)N1CCC(C(=O)NCCSCc2ccc(Cl)cc2)CC1. The van der Waals surface area contributed by atoms with E-state index in [-0.39, 0.29) is 11.8 Å². The van der Waals surface area contributed by atoms with Gasteiger partial charge in [0.05, 0.1) is 0 Å². The number of benzene rings is 1. The third kappa shape index (κ3) is 6.13. The zero-order valence-electron chi connectivity index (χ0n) is 15.2. The van der Waals surface area contributed by atoms with Crippen LogP contribution in [0, 0.1) is 5.92 Å². The van der Waals surface area contributed by atoms with Crippen molar-refractivity contribution in [1.82, 2.24) is 13.9 Å². The van der Waals surface area contributed by atoms with Gasteiger partial charge in [-0.1, -0.05) is 23.7 Å². The average Bonchev–Trinajstić information content (AvgIpc) is 2.62. The van der Waals surface area contributed by atoms with Gasteiger partial charge in [-0.2, -0.15) is 28.8 Å². The van der Waals surface area contributed by atoms with Crippen molar-refractivity contribution in [1.29, 1.82) is 0 Å². The fourth-order valence-electron chi connectivity index (χ4n) is 2.74. The highest BCUT2D eigenvalue weighted by molar-refractivity contribution is 7.98. The summed E-state index contributed by atoms with van der Waals surface area (Å²) < 4.78 is 26.8. The molecule has 0 bridgehead atoms. The first-order valence-electron chi connectivity index (χ1n) is 8.58. The molecule has 0 unspecified atom stereocenters. The van der Waals surface area contributed by atoms with Crippen LogP contribution in [0.25, 0.3) is 0 Å². The van der Waals surface area contributed by atoms with Gasteiger partial charge in [0, 0.05) is 56.2 Å². The summed E-state index contributed by atoms with van der Waals surface area (Å²) in [6.07, 6.45) is 1.13. The van der Waals surface area contributed by atoms with Crippen molar-refractivity contribution < 1.29 is 13.2 Å². The summed E-state index contributed by atoms with van der Waals surface area (Å²) >= 11 is 7.62. The second-order valence-corrected chi connectivity index (χ2v) is 10.1. The lowest BCUT2D eigenvalue weighted by Crippen LogP contribution is -2.47. The van der Waals surface area contributed by atoms with Gasteiger partial charge in [-0.3, -0.25) is 4.79 Å². The summed E-state index contributed by atoms with van der Waals surface area (Å²) in [6, 6.07) is 7.76. The van der Waals surface area contributed by atoms with Crippen molar-refractivity contribution >= 4 is 39.5 Å². The molecule has 1 aliphatic rings. The van der Waals surface area contributed by atoms with E-state index in [4.69, 9.17) is 11.6 Å². The van der Waals surface area contributed by atoms with Gasteiger partial charge >= 0.3 is 0 Å². The molecule has 1 N–H and O–H groups in total. The van der Waals surface area contributed by atoms with Gasteiger partial charge < -0.3 is 5.32 Å². The molecule has 2 rings (SSSR count). The van der Waals surface area contributed by atoms with Crippen LogP contribution in [0.5, 0.6) is 0 Å². The number of carbonyl (C=O) groups is 1. The number of hydrogen-bond acceptors (Lipinski definition) is 4. The number of thioether (sulfide) groups is 1. The second-order valence-electron chi connectivity index (χ2n) is 6.43. The van der Waals surface area contributed by atoms with Crippen LogP contribution >= 0.6 is 23.4 Å². The minimum atomic E-state index is -3.38. The predicted molar refractivity (Wildman–Crippen MR) is 108 cm³/mol. The summed E-state index contributed by atoms with van der Waals surface area (Å²) in [6.45, 7) is 1.40. The van der Waals surface area contributed by atoms with Crippen LogP contribution in [0.15, 0.2) is 24.3 Å². The van der Waals surface area contributed by atoms with Crippen molar-refractivity contribution in [2.24, 2.45) is 5.92 Å². The molecular formula is C17H26ClN3O3S2. The van der Waals surface area contributed by atoms with E-state index in [2.05, 4.69) is 5.32 Å². The molecule has 1 heterocycles. The Morgan fingerprint density at radius 2 is 1.88 bits per heavy atom. The predicted octanol–water partition coefficient (Wildman–Crippen LogP) is 2.21. The second kappa shape index (κ2) is 9.94. The Hall–Kier alpha value is -0.800. The van der Waals surface area contributed by atoms with Gasteiger partial charge in [0.15, 0.2) is 0 Å². The summed E-state index contributed by atoms with van der Waals surface area (Å²) in [5.74, 6) is 1.64. The lowest BCUT2D eigenvalue weighted by atomic mass is 9.97. The third-order valence-corrected chi connectivity index (χ3v) is 7.56. The molecule has 1 fully saturated rings. The van der Waals surface area contributed by atoms with Crippen molar-refractivity contribution in [2.45, 2.75) is 18.6 Å². The zero-order valence-corrected chi connectivity index (χ0v) is 17.5. The molecule has 1 aliphatic heterocycles. The maximum Gasteiger partial charge on any atom is 0.281 e. The molecule has 0 radical (unpaired) electrons. The number of piperidine rings is 1. The monoisotopic (exact) mass is 419 g/mol. The number of hydrogen-bond donors (Lipinski definition) is 1. The van der Waals surface area contributed by atoms with Crippen LogP contribution in [0.1, 0.15) is 18.4 Å². The molecule has 0 saturated carbocycles. The molecule has 0 atom stereocenters. The molecule has 0 aliphatic carbocycles. The van der Waals surface area contributed by atoms with E-state index in [0.717, 1.165) is 16.5 Å². The summed E-state index contributed by atoms with van der Waals surface area (Å²) in [5, 5.41) is 3.70. The molecule has 26 heavy (non-hydrogen) atoms. The van der Waals surface area contributed by atoms with Crippen LogP contribution in [-0.4, -0.2) is 62.4 Å². The summed E-state index contributed by atoms with van der Waals surface area (Å²) in [7, 11) is -0.332. The molecule has 0 aromatic heterocycles. The lowest BCUT2D eigenvalue weighted by molar-refractivity contribution is -0.125. The first kappa shape index (κ1) is 21.5. The first-order valence-corrected chi connectivity index (χ1v) is 11.5. The molecule has 1 saturated heterocycles. The molecule has 0 spiro atoms. The fourth-order valence-corrected chi connectivity index (χ4v) is 4.82. The van der Waals surface area contributed by atoms with Crippen molar-refractivity contribution in [3.8, 4) is 0 Å². The Balaban J connectivity index is 1.64. The maximum absolute atomic E-state index is 12.2. The van der Waals surface area contributed by atoms with E-state index in [1.807, 2.05) is 24.3 Å². The number of nitrogens with zero attached hydrogens (tertiary/aromatic N) is 2. The minimum Gasteiger partial charge on any atom is -0.355 e. The summed E-state index contributed by atoms with van der Waals surface area (Å²) in [5.41, 5.74) is 1.21. The van der Waals surface area contributed by atoms with E-state index in [9.17, 15) is 13.2 Å². The fraction of sp³-hybridized carbons (Fsp3) is 0.588. The van der Waals surface area contributed by atoms with Gasteiger partial charge in [0.25, 0.3) is 10.2 Å². The van der Waals surface area contributed by atoms with Crippen molar-refractivity contribution in [3.63, 3.8) is 0 Å². The van der Waals surface area contributed by atoms with Gasteiger partial charge in [-0.25, -0.2) is 0 Å². The topological polar surface area (TPSA) is 69.7 Å². The van der Waals surface area contributed by atoms with Crippen LogP contribution in [-0.2, 0) is 20.8 Å². The van der Waals surface area contributed by atoms with E-state index < -0.39 is 10.2 Å². The van der Waals surface area contributed by atoms with E-state index in [1.165, 1.54) is 28.3 Å². The highest BCUT2D eigenvalue weighted by Gasteiger charge is 2.31. The van der Waals surface area contributed by atoms with E-state index >= 15 is 0 Å². The minimum absolute atomic E-state index is 0.0268. The highest BCUT2D eigenvalue weighted by atomic mass is 35.5. The number of rotatable bonds is 8. The van der Waals surface area contributed by atoms with Crippen LogP contribution < -0.4 is 5.32 Å². The molecule has 1 amide bonds. The number of nitrogens with one attached hydrogen (secondary N) is 1. The molecule has 1 aromatic rings. The quantitative estimate of drug-likeness (QED) is 0.656. The smallest absolute Gasteiger partial charge is 0.281 e. The molecule has 1 aromatic carbocycles. The number of carbonyl (C=O) groups excluding carboxylic acids is 1. The Morgan fingerprint density at radius 1 is 1.27 bits per heavy atom. The van der Waals surface area contributed by atoms with Crippen molar-refractivity contribution in [3.05, 3.63) is 34.9 Å². The van der Waals surface area contributed by atoms with E-state index in [1.54, 1.807) is 11.8 Å². The van der Waals surface area contributed by atoms with Gasteiger partial charge in [0.2, 0.25) is 5.91 Å². The van der Waals surface area contributed by atoms with Gasteiger partial charge in [0.1, 0.15) is 0 Å². The van der Waals surface area contributed by atoms with Crippen LogP contribution in [0.2, 0.25) is 5.02 Å². The highest BCUT2D eigenvalue weighted by Crippen LogP contribution is 2.21. The van der Waals surface area contributed by atoms with E-state index in [0.29, 0.717) is 32.5 Å². The average molecular weight is 420 g/mol. The number of halogens is 1. The third-order valence-electron chi connectivity index (χ3n) is 4.34. The number of amides is 1. The molecule has 6 nitrogen and oxygen atoms in total. The lowest BCUT2D eigenvalue weighted by Gasteiger charge is -2.32. The first-order chi connectivity index (χ1) is 12.3. The molecule has 146 valence electrons. The Labute approximate surface area is 165 Å². The standard InChI is InChI=1S/C17H26ClN3O3S2/c1-20(2)26(23,24)21-10-7-15(8-11-21)17(22)19-9-12-25-13-14-3-5-16(18)6-4-14/h3-6,15H,7-13H2,1-2H3,(H,19,22). The Morgan fingerprint density at radius 3 is 2.46 bits per heavy atom. The zero-order chi connectivity index (χ0) is 19.2. The van der Waals surface area contributed by atoms with Gasteiger partial charge in [-0.05, 0) is 30.5 Å². The Kier molecular flexibility index (Phi) is 8.22. The van der Waals surface area contributed by atoms with Crippen LogP contribution in [0.3, 0.4) is 0 Å². The van der Waals surface area contributed by atoms with Crippen molar-refractivity contribution in [2.75, 3.05) is 39.5 Å². The Bertz CT molecular complexity index is 688.